The van der Waals surface area contributed by atoms with Crippen molar-refractivity contribution in [1.29, 1.82) is 0 Å². The van der Waals surface area contributed by atoms with E-state index >= 15 is 0 Å². The second kappa shape index (κ2) is 7.16. The summed E-state index contributed by atoms with van der Waals surface area (Å²) in [5.41, 5.74) is 2.88. The van der Waals surface area contributed by atoms with Crippen molar-refractivity contribution in [3.63, 3.8) is 0 Å². The molecule has 1 amide bonds. The highest BCUT2D eigenvalue weighted by molar-refractivity contribution is 5.94. The minimum atomic E-state index is -0.323. The van der Waals surface area contributed by atoms with Gasteiger partial charge in [-0.2, -0.15) is 0 Å². The van der Waals surface area contributed by atoms with Gasteiger partial charge in [-0.25, -0.2) is 4.39 Å². The van der Waals surface area contributed by atoms with Crippen LogP contribution in [0.3, 0.4) is 0 Å². The zero-order valence-corrected chi connectivity index (χ0v) is 14.5. The van der Waals surface area contributed by atoms with Crippen LogP contribution in [0.1, 0.15) is 34.5 Å². The maximum Gasteiger partial charge on any atom is 0.254 e. The molecule has 0 bridgehead atoms. The van der Waals surface area contributed by atoms with E-state index in [1.54, 1.807) is 12.1 Å². The van der Waals surface area contributed by atoms with Crippen molar-refractivity contribution in [1.82, 2.24) is 9.47 Å². The Labute approximate surface area is 152 Å². The highest BCUT2D eigenvalue weighted by Gasteiger charge is 2.33. The van der Waals surface area contributed by atoms with Gasteiger partial charge in [0, 0.05) is 30.0 Å². The van der Waals surface area contributed by atoms with E-state index in [9.17, 15) is 9.18 Å². The smallest absolute Gasteiger partial charge is 0.254 e. The molecular formula is C22H21FN2O. The average Bonchev–Trinajstić information content (AvgIpc) is 3.42. The molecule has 4 rings (SSSR count). The van der Waals surface area contributed by atoms with E-state index in [2.05, 4.69) is 29.0 Å². The molecule has 0 radical (unpaired) electrons. The first kappa shape index (κ1) is 16.6. The number of hydrogen-bond acceptors (Lipinski definition) is 1. The number of amides is 1. The lowest BCUT2D eigenvalue weighted by molar-refractivity contribution is 0.0726. The molecule has 0 saturated heterocycles. The van der Waals surface area contributed by atoms with Gasteiger partial charge in [0.15, 0.2) is 0 Å². The van der Waals surface area contributed by atoms with Crippen LogP contribution in [0.15, 0.2) is 72.9 Å². The van der Waals surface area contributed by atoms with Gasteiger partial charge < -0.3 is 9.47 Å². The predicted molar refractivity (Wildman–Crippen MR) is 99.3 cm³/mol. The van der Waals surface area contributed by atoms with Crippen LogP contribution in [0.4, 0.5) is 4.39 Å². The molecule has 4 heteroatoms. The van der Waals surface area contributed by atoms with Crippen LogP contribution in [-0.4, -0.2) is 21.4 Å². The summed E-state index contributed by atoms with van der Waals surface area (Å²) >= 11 is 0. The number of rotatable bonds is 6. The fraction of sp³-hybridized carbons (Fsp3) is 0.227. The predicted octanol–water partition coefficient (Wildman–Crippen LogP) is 4.48. The van der Waals surface area contributed by atoms with Gasteiger partial charge in [0.1, 0.15) is 5.82 Å². The Balaban J connectivity index is 1.54. The monoisotopic (exact) mass is 348 g/mol. The summed E-state index contributed by atoms with van der Waals surface area (Å²) in [7, 11) is 0. The van der Waals surface area contributed by atoms with Crippen LogP contribution < -0.4 is 0 Å². The Kier molecular flexibility index (Phi) is 4.57. The Morgan fingerprint density at radius 1 is 1.00 bits per heavy atom. The first-order valence-electron chi connectivity index (χ1n) is 8.95. The molecule has 1 saturated carbocycles. The molecule has 132 valence electrons. The number of hydrogen-bond donors (Lipinski definition) is 0. The first-order valence-corrected chi connectivity index (χ1v) is 8.95. The van der Waals surface area contributed by atoms with Gasteiger partial charge in [0.05, 0.1) is 6.54 Å². The highest BCUT2D eigenvalue weighted by atomic mass is 19.1. The summed E-state index contributed by atoms with van der Waals surface area (Å²) in [6.07, 6.45) is 4.12. The fourth-order valence-electron chi connectivity index (χ4n) is 3.21. The van der Waals surface area contributed by atoms with Gasteiger partial charge in [-0.05, 0) is 54.8 Å². The molecule has 1 aliphatic carbocycles. The molecule has 0 spiro atoms. The van der Waals surface area contributed by atoms with Crippen molar-refractivity contribution in [3.05, 3.63) is 95.6 Å². The van der Waals surface area contributed by atoms with E-state index in [4.69, 9.17) is 0 Å². The van der Waals surface area contributed by atoms with Gasteiger partial charge in [-0.1, -0.05) is 30.3 Å². The lowest BCUT2D eigenvalue weighted by Gasteiger charge is -2.23. The van der Waals surface area contributed by atoms with Crippen LogP contribution in [-0.2, 0) is 13.1 Å². The summed E-state index contributed by atoms with van der Waals surface area (Å²) in [5.74, 6) is -0.351. The molecule has 0 aliphatic heterocycles. The van der Waals surface area contributed by atoms with E-state index in [0.717, 1.165) is 25.1 Å². The number of carbonyl (C=O) groups is 1. The number of aromatic nitrogens is 1. The average molecular weight is 348 g/mol. The van der Waals surface area contributed by atoms with Gasteiger partial charge in [-0.3, -0.25) is 4.79 Å². The van der Waals surface area contributed by atoms with Crippen molar-refractivity contribution in [2.75, 3.05) is 0 Å². The third-order valence-electron chi connectivity index (χ3n) is 4.79. The molecule has 1 aromatic heterocycles. The van der Waals surface area contributed by atoms with Crippen molar-refractivity contribution in [2.45, 2.75) is 32.0 Å². The Morgan fingerprint density at radius 2 is 1.73 bits per heavy atom. The summed E-state index contributed by atoms with van der Waals surface area (Å²) in [4.78, 5) is 14.8. The van der Waals surface area contributed by atoms with Gasteiger partial charge >= 0.3 is 0 Å². The number of halogens is 1. The normalized spacial score (nSPS) is 13.6. The van der Waals surface area contributed by atoms with E-state index < -0.39 is 0 Å². The quantitative estimate of drug-likeness (QED) is 0.645. The SMILES string of the molecule is O=C(c1ccc(F)cc1)N(Cc1cccn1Cc1ccccc1)C1CC1. The third-order valence-corrected chi connectivity index (χ3v) is 4.79. The Bertz CT molecular complexity index is 882. The zero-order valence-electron chi connectivity index (χ0n) is 14.5. The van der Waals surface area contributed by atoms with Crippen molar-refractivity contribution in [3.8, 4) is 0 Å². The topological polar surface area (TPSA) is 25.2 Å². The van der Waals surface area contributed by atoms with Crippen LogP contribution in [0.25, 0.3) is 0 Å². The lowest BCUT2D eigenvalue weighted by Crippen LogP contribution is -2.33. The van der Waals surface area contributed by atoms with Crippen LogP contribution in [0, 0.1) is 5.82 Å². The molecular weight excluding hydrogens is 327 g/mol. The minimum Gasteiger partial charge on any atom is -0.345 e. The Morgan fingerprint density at radius 3 is 2.42 bits per heavy atom. The van der Waals surface area contributed by atoms with Crippen molar-refractivity contribution >= 4 is 5.91 Å². The van der Waals surface area contributed by atoms with E-state index in [0.29, 0.717) is 12.1 Å². The van der Waals surface area contributed by atoms with Gasteiger partial charge in [0.25, 0.3) is 5.91 Å². The summed E-state index contributed by atoms with van der Waals surface area (Å²) in [5, 5.41) is 0. The lowest BCUT2D eigenvalue weighted by atomic mass is 10.2. The molecule has 26 heavy (non-hydrogen) atoms. The molecule has 3 nitrogen and oxygen atoms in total. The molecule has 2 aromatic carbocycles. The Hall–Kier alpha value is -2.88. The minimum absolute atomic E-state index is 0.0278. The largest absolute Gasteiger partial charge is 0.345 e. The highest BCUT2D eigenvalue weighted by Crippen LogP contribution is 2.30. The summed E-state index contributed by atoms with van der Waals surface area (Å²) in [6.45, 7) is 1.35. The van der Waals surface area contributed by atoms with E-state index in [-0.39, 0.29) is 17.8 Å². The third kappa shape index (κ3) is 3.69. The van der Waals surface area contributed by atoms with Crippen LogP contribution in [0.2, 0.25) is 0 Å². The van der Waals surface area contributed by atoms with E-state index in [1.807, 2.05) is 29.2 Å². The number of carbonyl (C=O) groups excluding carboxylic acids is 1. The molecule has 1 aliphatic rings. The molecule has 0 unspecified atom stereocenters. The molecule has 0 atom stereocenters. The first-order chi connectivity index (χ1) is 12.7. The standard InChI is InChI=1S/C22H21FN2O/c23-19-10-8-18(9-11-19)22(26)25(20-12-13-20)16-21-7-4-14-24(21)15-17-5-2-1-3-6-17/h1-11,14,20H,12-13,15-16H2. The maximum atomic E-state index is 13.2. The molecule has 0 N–H and O–H groups in total. The number of benzene rings is 2. The molecule has 3 aromatic rings. The second-order valence-electron chi connectivity index (χ2n) is 6.78. The zero-order chi connectivity index (χ0) is 17.9. The van der Waals surface area contributed by atoms with Crippen LogP contribution >= 0.6 is 0 Å². The molecule has 1 fully saturated rings. The molecule has 1 heterocycles. The number of nitrogens with zero attached hydrogens (tertiary/aromatic N) is 2. The van der Waals surface area contributed by atoms with E-state index in [1.165, 1.54) is 17.7 Å². The summed E-state index contributed by atoms with van der Waals surface area (Å²) < 4.78 is 15.3. The van der Waals surface area contributed by atoms with Crippen molar-refractivity contribution < 1.29 is 9.18 Å². The summed E-state index contributed by atoms with van der Waals surface area (Å²) in [6, 6.07) is 20.5. The van der Waals surface area contributed by atoms with Gasteiger partial charge in [0.2, 0.25) is 0 Å². The van der Waals surface area contributed by atoms with Crippen LogP contribution in [0.5, 0.6) is 0 Å². The fourth-order valence-corrected chi connectivity index (χ4v) is 3.21. The maximum absolute atomic E-state index is 13.2. The van der Waals surface area contributed by atoms with Crippen molar-refractivity contribution in [2.24, 2.45) is 0 Å². The second-order valence-corrected chi connectivity index (χ2v) is 6.78. The van der Waals surface area contributed by atoms with Gasteiger partial charge in [-0.15, -0.1) is 0 Å².